The van der Waals surface area contributed by atoms with Crippen molar-refractivity contribution in [2.45, 2.75) is 20.0 Å². The summed E-state index contributed by atoms with van der Waals surface area (Å²) in [5.74, 6) is 2.01. The maximum absolute atomic E-state index is 13.9. The van der Waals surface area contributed by atoms with Gasteiger partial charge in [-0.3, -0.25) is 4.90 Å². The summed E-state index contributed by atoms with van der Waals surface area (Å²) in [4.78, 5) is 6.55. The largest absolute Gasteiger partial charge is 0.494 e. The zero-order chi connectivity index (χ0) is 20.8. The Bertz CT molecular complexity index is 961. The predicted molar refractivity (Wildman–Crippen MR) is 106 cm³/mol. The fraction of sp³-hybridized carbons (Fsp3) is 0.333. The normalized spacial score (nSPS) is 11.0. The summed E-state index contributed by atoms with van der Waals surface area (Å²) in [5.41, 5.74) is 1.60. The van der Waals surface area contributed by atoms with Crippen LogP contribution in [0.1, 0.15) is 18.4 Å². The van der Waals surface area contributed by atoms with Crippen LogP contribution in [0.25, 0.3) is 11.4 Å². The molecule has 0 amide bonds. The third-order valence-electron chi connectivity index (χ3n) is 4.54. The first kappa shape index (κ1) is 20.6. The maximum atomic E-state index is 13.9. The molecule has 8 heteroatoms. The average molecular weight is 401 g/mol. The second-order valence-electron chi connectivity index (χ2n) is 6.35. The van der Waals surface area contributed by atoms with Gasteiger partial charge in [-0.25, -0.2) is 4.39 Å². The summed E-state index contributed by atoms with van der Waals surface area (Å²) in [6.45, 7) is 3.75. The number of rotatable bonds is 9. The number of halogens is 1. The second kappa shape index (κ2) is 9.38. The Morgan fingerprint density at radius 3 is 2.31 bits per heavy atom. The molecule has 29 heavy (non-hydrogen) atoms. The predicted octanol–water partition coefficient (Wildman–Crippen LogP) is 3.92. The molecule has 0 spiro atoms. The molecule has 0 saturated heterocycles. The van der Waals surface area contributed by atoms with Gasteiger partial charge in [0.1, 0.15) is 0 Å². The summed E-state index contributed by atoms with van der Waals surface area (Å²) in [7, 11) is 4.60. The number of nitrogens with zero attached hydrogens (tertiary/aromatic N) is 3. The fourth-order valence-corrected chi connectivity index (χ4v) is 2.95. The van der Waals surface area contributed by atoms with Crippen LogP contribution in [-0.2, 0) is 13.1 Å². The van der Waals surface area contributed by atoms with E-state index in [1.54, 1.807) is 32.4 Å². The minimum Gasteiger partial charge on any atom is -0.494 e. The summed E-state index contributed by atoms with van der Waals surface area (Å²) in [5, 5.41) is 4.06. The summed E-state index contributed by atoms with van der Waals surface area (Å²) < 4.78 is 34.9. The van der Waals surface area contributed by atoms with Crippen molar-refractivity contribution in [3.05, 3.63) is 53.7 Å². The molecule has 2 aromatic carbocycles. The van der Waals surface area contributed by atoms with Gasteiger partial charge >= 0.3 is 0 Å². The van der Waals surface area contributed by atoms with E-state index in [4.69, 9.17) is 18.7 Å². The molecule has 0 fully saturated rings. The van der Waals surface area contributed by atoms with Crippen molar-refractivity contribution in [3.63, 3.8) is 0 Å². The number of aromatic nitrogens is 2. The second-order valence-corrected chi connectivity index (χ2v) is 6.35. The highest BCUT2D eigenvalue weighted by Gasteiger charge is 2.15. The van der Waals surface area contributed by atoms with E-state index in [-0.39, 0.29) is 11.6 Å². The molecule has 1 heterocycles. The van der Waals surface area contributed by atoms with Gasteiger partial charge in [0.05, 0.1) is 27.9 Å². The Morgan fingerprint density at radius 1 is 0.931 bits per heavy atom. The van der Waals surface area contributed by atoms with E-state index in [0.29, 0.717) is 36.3 Å². The fourth-order valence-electron chi connectivity index (χ4n) is 2.95. The molecule has 0 bridgehead atoms. The van der Waals surface area contributed by atoms with Gasteiger partial charge in [0, 0.05) is 12.1 Å². The Kier molecular flexibility index (Phi) is 6.66. The van der Waals surface area contributed by atoms with Crippen molar-refractivity contribution < 1.29 is 23.1 Å². The molecule has 7 nitrogen and oxygen atoms in total. The van der Waals surface area contributed by atoms with Crippen LogP contribution in [0.5, 0.6) is 17.2 Å². The van der Waals surface area contributed by atoms with Crippen molar-refractivity contribution in [3.8, 4) is 28.6 Å². The van der Waals surface area contributed by atoms with E-state index in [2.05, 4.69) is 15.0 Å². The monoisotopic (exact) mass is 401 g/mol. The first-order valence-electron chi connectivity index (χ1n) is 9.17. The van der Waals surface area contributed by atoms with Crippen molar-refractivity contribution in [1.82, 2.24) is 15.0 Å². The van der Waals surface area contributed by atoms with Gasteiger partial charge in [0.25, 0.3) is 0 Å². The summed E-state index contributed by atoms with van der Waals surface area (Å²) >= 11 is 0. The Balaban J connectivity index is 1.72. The zero-order valence-electron chi connectivity index (χ0n) is 16.9. The van der Waals surface area contributed by atoms with Gasteiger partial charge < -0.3 is 18.7 Å². The van der Waals surface area contributed by atoms with Crippen LogP contribution in [0.15, 0.2) is 40.9 Å². The molecule has 1 aromatic heterocycles. The highest BCUT2D eigenvalue weighted by molar-refractivity contribution is 5.60. The topological polar surface area (TPSA) is 69.9 Å². The van der Waals surface area contributed by atoms with E-state index < -0.39 is 0 Å². The van der Waals surface area contributed by atoms with Crippen LogP contribution < -0.4 is 14.2 Å². The van der Waals surface area contributed by atoms with Crippen LogP contribution >= 0.6 is 0 Å². The molecule has 3 rings (SSSR count). The van der Waals surface area contributed by atoms with Crippen molar-refractivity contribution >= 4 is 0 Å². The quantitative estimate of drug-likeness (QED) is 0.538. The van der Waals surface area contributed by atoms with E-state index in [0.717, 1.165) is 17.7 Å². The van der Waals surface area contributed by atoms with Crippen LogP contribution in [0.4, 0.5) is 4.39 Å². The van der Waals surface area contributed by atoms with Crippen molar-refractivity contribution in [2.75, 3.05) is 27.9 Å². The molecule has 3 aromatic rings. The maximum Gasteiger partial charge on any atom is 0.241 e. The molecular weight excluding hydrogens is 377 g/mol. The molecular formula is C21H24FN3O4. The highest BCUT2D eigenvalue weighted by Crippen LogP contribution is 2.31. The van der Waals surface area contributed by atoms with E-state index in [9.17, 15) is 4.39 Å². The third kappa shape index (κ3) is 4.83. The lowest BCUT2D eigenvalue weighted by Crippen LogP contribution is -2.22. The Labute approximate surface area is 169 Å². The van der Waals surface area contributed by atoms with Crippen LogP contribution in [0.2, 0.25) is 0 Å². The van der Waals surface area contributed by atoms with Gasteiger partial charge in [-0.1, -0.05) is 18.1 Å². The first-order valence-corrected chi connectivity index (χ1v) is 9.17. The first-order chi connectivity index (χ1) is 14.1. The standard InChI is InChI=1S/C21H24FN3O4/c1-5-25(12-14-6-8-17(26-2)16(22)10-14)13-20-23-21(24-29-20)15-7-9-18(27-3)19(11-15)28-4/h6-11H,5,12-13H2,1-4H3. The van der Waals surface area contributed by atoms with Crippen LogP contribution in [-0.4, -0.2) is 42.9 Å². The average Bonchev–Trinajstić information content (AvgIpc) is 3.21. The Morgan fingerprint density at radius 2 is 1.66 bits per heavy atom. The van der Waals surface area contributed by atoms with Crippen molar-refractivity contribution in [1.29, 1.82) is 0 Å². The van der Waals surface area contributed by atoms with Crippen LogP contribution in [0.3, 0.4) is 0 Å². The molecule has 0 atom stereocenters. The molecule has 0 aliphatic rings. The molecule has 0 N–H and O–H groups in total. The van der Waals surface area contributed by atoms with Gasteiger partial charge in [0.15, 0.2) is 23.1 Å². The number of methoxy groups -OCH3 is 3. The molecule has 0 saturated carbocycles. The lowest BCUT2D eigenvalue weighted by atomic mass is 10.2. The van der Waals surface area contributed by atoms with Gasteiger partial charge in [-0.05, 0) is 42.4 Å². The third-order valence-corrected chi connectivity index (χ3v) is 4.54. The van der Waals surface area contributed by atoms with Gasteiger partial charge in [0.2, 0.25) is 11.7 Å². The van der Waals surface area contributed by atoms with Gasteiger partial charge in [-0.2, -0.15) is 4.98 Å². The van der Waals surface area contributed by atoms with E-state index >= 15 is 0 Å². The van der Waals surface area contributed by atoms with Crippen LogP contribution in [0, 0.1) is 5.82 Å². The minimum absolute atomic E-state index is 0.230. The van der Waals surface area contributed by atoms with E-state index in [1.807, 2.05) is 19.1 Å². The molecule has 0 unspecified atom stereocenters. The Hall–Kier alpha value is -3.13. The molecule has 154 valence electrons. The number of hydrogen-bond acceptors (Lipinski definition) is 7. The van der Waals surface area contributed by atoms with E-state index in [1.165, 1.54) is 13.2 Å². The minimum atomic E-state index is -0.380. The summed E-state index contributed by atoms with van der Waals surface area (Å²) in [6.07, 6.45) is 0. The smallest absolute Gasteiger partial charge is 0.241 e. The zero-order valence-corrected chi connectivity index (χ0v) is 16.9. The SMILES string of the molecule is CCN(Cc1ccc(OC)c(F)c1)Cc1nc(-c2ccc(OC)c(OC)c2)no1. The molecule has 0 radical (unpaired) electrons. The number of hydrogen-bond donors (Lipinski definition) is 0. The number of ether oxygens (including phenoxy) is 3. The lowest BCUT2D eigenvalue weighted by molar-refractivity contribution is 0.228. The lowest BCUT2D eigenvalue weighted by Gasteiger charge is -2.18. The van der Waals surface area contributed by atoms with Crippen molar-refractivity contribution in [2.24, 2.45) is 0 Å². The molecule has 0 aliphatic heterocycles. The van der Waals surface area contributed by atoms with Gasteiger partial charge in [-0.15, -0.1) is 0 Å². The number of benzene rings is 2. The highest BCUT2D eigenvalue weighted by atomic mass is 19.1. The molecule has 0 aliphatic carbocycles. The summed E-state index contributed by atoms with van der Waals surface area (Å²) in [6, 6.07) is 10.4.